The Morgan fingerprint density at radius 3 is 2.69 bits per heavy atom. The van der Waals surface area contributed by atoms with Crippen LogP contribution >= 0.6 is 22.6 Å². The van der Waals surface area contributed by atoms with Crippen LogP contribution in [0.25, 0.3) is 10.8 Å². The monoisotopic (exact) mass is 386 g/mol. The van der Waals surface area contributed by atoms with Gasteiger partial charge >= 0.3 is 0 Å². The molecule has 1 aliphatic heterocycles. The van der Waals surface area contributed by atoms with E-state index in [0.29, 0.717) is 22.9 Å². The number of fused-ring (bicyclic) bond motifs is 1. The average Bonchev–Trinajstić information content (AvgIpc) is 2.96. The minimum absolute atomic E-state index is 0.257. The molecule has 2 aromatic carbocycles. The van der Waals surface area contributed by atoms with Gasteiger partial charge in [0.2, 0.25) is 0 Å². The Kier molecular flexibility index (Phi) is 4.23. The van der Waals surface area contributed by atoms with Crippen molar-refractivity contribution in [1.82, 2.24) is 9.71 Å². The van der Waals surface area contributed by atoms with Crippen LogP contribution in [0.1, 0.15) is 17.3 Å². The Morgan fingerprint density at radius 1 is 1.19 bits per heavy atom. The number of benzene rings is 2. The molecule has 1 unspecified atom stereocenters. The van der Waals surface area contributed by atoms with Gasteiger partial charge in [0.25, 0.3) is 0 Å². The number of halogens is 1. The first-order valence-corrected chi connectivity index (χ1v) is 9.74. The highest BCUT2D eigenvalue weighted by atomic mass is 35.5. The highest BCUT2D eigenvalue weighted by Crippen LogP contribution is 2.53. The molecule has 0 saturated carbocycles. The molecule has 1 fully saturated rings. The molecule has 0 spiro atoms. The van der Waals surface area contributed by atoms with Crippen LogP contribution in [0.2, 0.25) is 5.02 Å². The first-order valence-electron chi connectivity index (χ1n) is 7.86. The van der Waals surface area contributed by atoms with Crippen LogP contribution in [0.5, 0.6) is 0 Å². The molecule has 0 radical (unpaired) electrons. The smallest absolute Gasteiger partial charge is 0.148 e. The third-order valence-electron chi connectivity index (χ3n) is 4.39. The molecule has 1 atom stereocenters. The topological polar surface area (TPSA) is 92.4 Å². The fourth-order valence-electron chi connectivity index (χ4n) is 3.18. The Morgan fingerprint density at radius 2 is 1.96 bits per heavy atom. The SMILES string of the molecule is N#Cc1nccc2cc(N3C(c4ccc(Cl)cc4)CNS3(O)O)ccc12. The van der Waals surface area contributed by atoms with Crippen LogP contribution in [0.4, 0.5) is 5.69 Å². The number of rotatable bonds is 2. The molecule has 0 aliphatic carbocycles. The third kappa shape index (κ3) is 2.88. The van der Waals surface area contributed by atoms with Gasteiger partial charge in [-0.25, -0.2) is 9.29 Å². The molecule has 8 heteroatoms. The summed E-state index contributed by atoms with van der Waals surface area (Å²) in [7, 11) is -3.16. The summed E-state index contributed by atoms with van der Waals surface area (Å²) in [6.07, 6.45) is 1.57. The van der Waals surface area contributed by atoms with E-state index in [1.54, 1.807) is 40.8 Å². The van der Waals surface area contributed by atoms with E-state index in [9.17, 15) is 14.4 Å². The first kappa shape index (κ1) is 17.1. The van der Waals surface area contributed by atoms with E-state index in [1.165, 1.54) is 0 Å². The second kappa shape index (κ2) is 6.43. The van der Waals surface area contributed by atoms with E-state index in [-0.39, 0.29) is 6.04 Å². The predicted octanol–water partition coefficient (Wildman–Crippen LogP) is 4.49. The van der Waals surface area contributed by atoms with E-state index in [1.807, 2.05) is 18.2 Å². The Bertz CT molecular complexity index is 1020. The maximum Gasteiger partial charge on any atom is 0.148 e. The molecule has 0 amide bonds. The highest BCUT2D eigenvalue weighted by Gasteiger charge is 2.38. The molecular weight excluding hydrogens is 372 g/mol. The zero-order valence-electron chi connectivity index (χ0n) is 13.5. The van der Waals surface area contributed by atoms with Crippen LogP contribution in [0.15, 0.2) is 54.7 Å². The zero-order chi connectivity index (χ0) is 18.3. The number of nitrogens with one attached hydrogen (secondary N) is 1. The summed E-state index contributed by atoms with van der Waals surface area (Å²) >= 11 is 5.97. The van der Waals surface area contributed by atoms with Crippen LogP contribution in [-0.2, 0) is 0 Å². The molecule has 132 valence electrons. The van der Waals surface area contributed by atoms with Crippen molar-refractivity contribution in [2.75, 3.05) is 10.8 Å². The third-order valence-corrected chi connectivity index (χ3v) is 6.21. The average molecular weight is 387 g/mol. The summed E-state index contributed by atoms with van der Waals surface area (Å²) in [4.78, 5) is 4.06. The van der Waals surface area contributed by atoms with Gasteiger partial charge in [0.05, 0.1) is 11.7 Å². The number of aromatic nitrogens is 1. The van der Waals surface area contributed by atoms with Crippen LogP contribution in [-0.4, -0.2) is 20.6 Å². The summed E-state index contributed by atoms with van der Waals surface area (Å²) in [5.74, 6) is 0. The number of nitriles is 1. The number of nitrogens with zero attached hydrogens (tertiary/aromatic N) is 3. The molecule has 1 aliphatic rings. The Hall–Kier alpha value is -2.34. The zero-order valence-corrected chi connectivity index (χ0v) is 15.1. The summed E-state index contributed by atoms with van der Waals surface area (Å²) in [5, 5.41) is 11.4. The molecule has 6 nitrogen and oxygen atoms in total. The molecule has 1 aromatic heterocycles. The van der Waals surface area contributed by atoms with Gasteiger partial charge in [-0.3, -0.25) is 9.11 Å². The molecule has 4 rings (SSSR count). The minimum atomic E-state index is -3.16. The van der Waals surface area contributed by atoms with Crippen molar-refractivity contribution in [3.05, 3.63) is 71.0 Å². The summed E-state index contributed by atoms with van der Waals surface area (Å²) < 4.78 is 25.4. The van der Waals surface area contributed by atoms with Gasteiger partial charge in [0.15, 0.2) is 0 Å². The highest BCUT2D eigenvalue weighted by molar-refractivity contribution is 8.24. The van der Waals surface area contributed by atoms with Gasteiger partial charge in [0, 0.05) is 23.2 Å². The van der Waals surface area contributed by atoms with Crippen molar-refractivity contribution in [2.45, 2.75) is 6.04 Å². The van der Waals surface area contributed by atoms with Gasteiger partial charge in [-0.05, 0) is 47.3 Å². The molecule has 2 heterocycles. The fourth-order valence-corrected chi connectivity index (χ4v) is 4.78. The molecule has 3 N–H and O–H groups in total. The minimum Gasteiger partial charge on any atom is -0.269 e. The predicted molar refractivity (Wildman–Crippen MR) is 104 cm³/mol. The second-order valence-corrected chi connectivity index (χ2v) is 8.09. The maximum atomic E-state index is 10.5. The second-order valence-electron chi connectivity index (χ2n) is 5.94. The Labute approximate surface area is 157 Å². The lowest BCUT2D eigenvalue weighted by Crippen LogP contribution is -2.27. The lowest BCUT2D eigenvalue weighted by atomic mass is 10.1. The van der Waals surface area contributed by atoms with Crippen LogP contribution in [0, 0.1) is 11.3 Å². The van der Waals surface area contributed by atoms with Crippen LogP contribution in [0.3, 0.4) is 0 Å². The van der Waals surface area contributed by atoms with E-state index >= 15 is 0 Å². The van der Waals surface area contributed by atoms with Crippen LogP contribution < -0.4 is 9.03 Å². The standard InChI is InChI=1S/C18H15ClN4O2S/c19-14-3-1-12(2-4-14)18-11-22-26(24,25)23(18)15-5-6-16-13(9-15)7-8-21-17(16)10-20/h1-9,18,22,24-25H,11H2. The van der Waals surface area contributed by atoms with Gasteiger partial charge < -0.3 is 0 Å². The van der Waals surface area contributed by atoms with Crippen molar-refractivity contribution in [1.29, 1.82) is 5.26 Å². The normalized spacial score (nSPS) is 20.1. The molecule has 26 heavy (non-hydrogen) atoms. The number of hydrogen-bond acceptors (Lipinski definition) is 6. The van der Waals surface area contributed by atoms with Crippen molar-refractivity contribution in [2.24, 2.45) is 0 Å². The number of hydrogen-bond donors (Lipinski definition) is 3. The van der Waals surface area contributed by atoms with E-state index < -0.39 is 11.0 Å². The fraction of sp³-hybridized carbons (Fsp3) is 0.111. The molecular formula is C18H15ClN4O2S. The van der Waals surface area contributed by atoms with Gasteiger partial charge in [-0.2, -0.15) is 9.98 Å². The van der Waals surface area contributed by atoms with Gasteiger partial charge in [-0.15, -0.1) is 0 Å². The first-order chi connectivity index (χ1) is 12.5. The van der Waals surface area contributed by atoms with Crippen molar-refractivity contribution in [3.8, 4) is 6.07 Å². The van der Waals surface area contributed by atoms with Gasteiger partial charge in [-0.1, -0.05) is 34.7 Å². The molecule has 3 aromatic rings. The van der Waals surface area contributed by atoms with E-state index in [0.717, 1.165) is 16.3 Å². The summed E-state index contributed by atoms with van der Waals surface area (Å²) in [6.45, 7) is 0.391. The van der Waals surface area contributed by atoms with Crippen molar-refractivity contribution in [3.63, 3.8) is 0 Å². The Balaban J connectivity index is 1.81. The maximum absolute atomic E-state index is 10.5. The summed E-state index contributed by atoms with van der Waals surface area (Å²) in [5.41, 5.74) is 1.92. The van der Waals surface area contributed by atoms with Crippen molar-refractivity contribution < 1.29 is 9.11 Å². The van der Waals surface area contributed by atoms with Gasteiger partial charge in [0.1, 0.15) is 11.8 Å². The summed E-state index contributed by atoms with van der Waals surface area (Å²) in [6, 6.07) is 16.3. The van der Waals surface area contributed by atoms with Crippen molar-refractivity contribution >= 4 is 39.0 Å². The molecule has 1 saturated heterocycles. The van der Waals surface area contributed by atoms with E-state index in [2.05, 4.69) is 15.8 Å². The lowest BCUT2D eigenvalue weighted by molar-refractivity contribution is 0.480. The van der Waals surface area contributed by atoms with E-state index in [4.69, 9.17) is 11.6 Å². The number of anilines is 1. The molecule has 0 bridgehead atoms. The largest absolute Gasteiger partial charge is 0.269 e. The number of pyridine rings is 1. The lowest BCUT2D eigenvalue weighted by Gasteiger charge is -2.40. The quantitative estimate of drug-likeness (QED) is 0.600.